The van der Waals surface area contributed by atoms with E-state index >= 15 is 0 Å². The average molecular weight is 287 g/mol. The molecule has 0 fully saturated rings. The Morgan fingerprint density at radius 1 is 0.955 bits per heavy atom. The Morgan fingerprint density at radius 3 is 2.59 bits per heavy atom. The van der Waals surface area contributed by atoms with Crippen molar-refractivity contribution in [1.82, 2.24) is 14.4 Å². The summed E-state index contributed by atoms with van der Waals surface area (Å²) in [7, 11) is 0. The molecule has 0 saturated heterocycles. The molecule has 0 aliphatic rings. The first-order chi connectivity index (χ1) is 10.7. The molecule has 1 aromatic carbocycles. The monoisotopic (exact) mass is 287 g/mol. The lowest BCUT2D eigenvalue weighted by atomic mass is 10.1. The number of fused-ring (bicyclic) bond motifs is 3. The third-order valence-electron chi connectivity index (χ3n) is 3.70. The molecule has 4 heteroatoms. The van der Waals surface area contributed by atoms with Gasteiger partial charge in [-0.2, -0.15) is 0 Å². The number of aryl methyl sites for hydroxylation is 1. The highest BCUT2D eigenvalue weighted by Crippen LogP contribution is 2.20. The van der Waals surface area contributed by atoms with Gasteiger partial charge in [-0.25, -0.2) is 9.97 Å². The third kappa shape index (κ3) is 1.89. The molecule has 0 N–H and O–H groups in total. The van der Waals surface area contributed by atoms with E-state index in [-0.39, 0.29) is 5.78 Å². The van der Waals surface area contributed by atoms with Crippen molar-refractivity contribution in [2.45, 2.75) is 6.92 Å². The van der Waals surface area contributed by atoms with Gasteiger partial charge in [-0.05, 0) is 31.2 Å². The van der Waals surface area contributed by atoms with Crippen LogP contribution in [0.15, 0.2) is 60.8 Å². The van der Waals surface area contributed by atoms with Crippen LogP contribution in [0, 0.1) is 6.92 Å². The van der Waals surface area contributed by atoms with Gasteiger partial charge < -0.3 is 0 Å². The first kappa shape index (κ1) is 12.7. The van der Waals surface area contributed by atoms with E-state index in [0.29, 0.717) is 16.8 Å². The van der Waals surface area contributed by atoms with Crippen molar-refractivity contribution in [2.24, 2.45) is 0 Å². The molecular weight excluding hydrogens is 274 g/mol. The van der Waals surface area contributed by atoms with Gasteiger partial charge in [-0.3, -0.25) is 9.20 Å². The van der Waals surface area contributed by atoms with Crippen LogP contribution < -0.4 is 0 Å². The molecule has 106 valence electrons. The molecule has 0 aliphatic carbocycles. The largest absolute Gasteiger partial charge is 0.298 e. The summed E-state index contributed by atoms with van der Waals surface area (Å²) in [5.41, 5.74) is 4.27. The molecule has 4 rings (SSSR count). The second-order valence-electron chi connectivity index (χ2n) is 5.21. The van der Waals surface area contributed by atoms with Crippen LogP contribution >= 0.6 is 0 Å². The third-order valence-corrected chi connectivity index (χ3v) is 3.70. The van der Waals surface area contributed by atoms with E-state index in [1.165, 1.54) is 0 Å². The van der Waals surface area contributed by atoms with Crippen molar-refractivity contribution in [3.63, 3.8) is 0 Å². The summed E-state index contributed by atoms with van der Waals surface area (Å²) in [5.74, 6) is -0.0771. The van der Waals surface area contributed by atoms with E-state index in [9.17, 15) is 4.79 Å². The number of benzene rings is 1. The van der Waals surface area contributed by atoms with Gasteiger partial charge >= 0.3 is 0 Å². The van der Waals surface area contributed by atoms with Crippen LogP contribution in [0.1, 0.15) is 21.7 Å². The smallest absolute Gasteiger partial charge is 0.213 e. The van der Waals surface area contributed by atoms with Crippen LogP contribution in [-0.4, -0.2) is 20.2 Å². The molecular formula is C18H13N3O. The molecule has 0 unspecified atom stereocenters. The van der Waals surface area contributed by atoms with Crippen LogP contribution in [0.2, 0.25) is 0 Å². The van der Waals surface area contributed by atoms with Crippen molar-refractivity contribution in [3.05, 3.63) is 77.7 Å². The summed E-state index contributed by atoms with van der Waals surface area (Å²) in [4.78, 5) is 21.9. The fourth-order valence-electron chi connectivity index (χ4n) is 2.63. The number of carbonyl (C=O) groups excluding carboxylic acids is 1. The Bertz CT molecular complexity index is 1000. The molecule has 0 amide bonds. The second kappa shape index (κ2) is 4.77. The Labute approximate surface area is 127 Å². The molecule has 0 spiro atoms. The molecule has 0 atom stereocenters. The highest BCUT2D eigenvalue weighted by Gasteiger charge is 2.17. The molecule has 0 saturated carbocycles. The van der Waals surface area contributed by atoms with Crippen molar-refractivity contribution in [2.75, 3.05) is 0 Å². The van der Waals surface area contributed by atoms with E-state index < -0.39 is 0 Å². The summed E-state index contributed by atoms with van der Waals surface area (Å²) < 4.78 is 1.92. The van der Waals surface area contributed by atoms with Crippen molar-refractivity contribution < 1.29 is 4.79 Å². The van der Waals surface area contributed by atoms with Gasteiger partial charge in [-0.15, -0.1) is 0 Å². The fraction of sp³-hybridized carbons (Fsp3) is 0.0556. The fourth-order valence-corrected chi connectivity index (χ4v) is 2.63. The van der Waals surface area contributed by atoms with E-state index in [2.05, 4.69) is 9.97 Å². The summed E-state index contributed by atoms with van der Waals surface area (Å²) in [5, 5.41) is 0. The number of aromatic nitrogens is 3. The van der Waals surface area contributed by atoms with Gasteiger partial charge in [0.05, 0.1) is 5.52 Å². The summed E-state index contributed by atoms with van der Waals surface area (Å²) in [6.45, 7) is 1.94. The minimum Gasteiger partial charge on any atom is -0.298 e. The number of rotatable bonds is 2. The van der Waals surface area contributed by atoms with Crippen molar-refractivity contribution in [1.29, 1.82) is 0 Å². The van der Waals surface area contributed by atoms with E-state index in [1.54, 1.807) is 12.1 Å². The van der Waals surface area contributed by atoms with Gasteiger partial charge in [-0.1, -0.05) is 30.3 Å². The molecule has 4 aromatic rings. The molecule has 22 heavy (non-hydrogen) atoms. The lowest BCUT2D eigenvalue weighted by molar-refractivity contribution is 0.103. The van der Waals surface area contributed by atoms with Gasteiger partial charge in [0.2, 0.25) is 5.78 Å². The quantitative estimate of drug-likeness (QED) is 0.531. The van der Waals surface area contributed by atoms with Gasteiger partial charge in [0.15, 0.2) is 5.65 Å². The van der Waals surface area contributed by atoms with Crippen LogP contribution in [0.4, 0.5) is 0 Å². The van der Waals surface area contributed by atoms with Crippen LogP contribution in [-0.2, 0) is 0 Å². The molecule has 3 aromatic heterocycles. The first-order valence-electron chi connectivity index (χ1n) is 7.08. The average Bonchev–Trinajstić information content (AvgIpc) is 3.04. The second-order valence-corrected chi connectivity index (χ2v) is 5.21. The van der Waals surface area contributed by atoms with Crippen LogP contribution in [0.5, 0.6) is 0 Å². The van der Waals surface area contributed by atoms with Crippen LogP contribution in [0.25, 0.3) is 16.7 Å². The highest BCUT2D eigenvalue weighted by atomic mass is 16.1. The van der Waals surface area contributed by atoms with Crippen molar-refractivity contribution >= 4 is 22.5 Å². The summed E-state index contributed by atoms with van der Waals surface area (Å²) in [6, 6.07) is 16.8. The first-order valence-corrected chi connectivity index (χ1v) is 7.08. The van der Waals surface area contributed by atoms with Gasteiger partial charge in [0.1, 0.15) is 11.2 Å². The number of ketones is 1. The summed E-state index contributed by atoms with van der Waals surface area (Å²) in [6.07, 6.45) is 1.91. The minimum absolute atomic E-state index is 0.0771. The molecule has 4 nitrogen and oxygen atoms in total. The minimum atomic E-state index is -0.0771. The lowest BCUT2D eigenvalue weighted by Gasteiger charge is -2.08. The predicted molar refractivity (Wildman–Crippen MR) is 85.1 cm³/mol. The van der Waals surface area contributed by atoms with Gasteiger partial charge in [0.25, 0.3) is 0 Å². The molecule has 0 radical (unpaired) electrons. The highest BCUT2D eigenvalue weighted by molar-refractivity contribution is 6.12. The summed E-state index contributed by atoms with van der Waals surface area (Å²) >= 11 is 0. The Balaban J connectivity index is 2.03. The zero-order valence-corrected chi connectivity index (χ0v) is 12.0. The maximum absolute atomic E-state index is 12.8. The maximum atomic E-state index is 12.8. The SMILES string of the molecule is Cc1ccc2nc(C(=O)c3ccccc3)c3cccn3c2n1. The molecule has 0 bridgehead atoms. The Kier molecular flexibility index (Phi) is 2.76. The topological polar surface area (TPSA) is 47.3 Å². The number of hydrogen-bond donors (Lipinski definition) is 0. The van der Waals surface area contributed by atoms with E-state index in [1.807, 2.05) is 60.0 Å². The van der Waals surface area contributed by atoms with E-state index in [0.717, 1.165) is 16.9 Å². The number of nitrogens with zero attached hydrogens (tertiary/aromatic N) is 3. The van der Waals surface area contributed by atoms with Crippen molar-refractivity contribution in [3.8, 4) is 0 Å². The number of pyridine rings is 1. The Hall–Kier alpha value is -3.01. The normalized spacial score (nSPS) is 11.1. The molecule has 0 aliphatic heterocycles. The number of carbonyl (C=O) groups is 1. The Morgan fingerprint density at radius 2 is 1.77 bits per heavy atom. The number of hydrogen-bond acceptors (Lipinski definition) is 3. The van der Waals surface area contributed by atoms with Gasteiger partial charge in [0, 0.05) is 17.5 Å². The zero-order chi connectivity index (χ0) is 15.1. The zero-order valence-electron chi connectivity index (χ0n) is 12.0. The van der Waals surface area contributed by atoms with Crippen LogP contribution in [0.3, 0.4) is 0 Å². The standard InChI is InChI=1S/C18H13N3O/c1-12-9-10-14-18(19-12)21-11-5-8-15(21)16(20-14)17(22)13-6-3-2-4-7-13/h2-11H,1H3. The predicted octanol–water partition coefficient (Wildman–Crippen LogP) is 3.42. The lowest BCUT2D eigenvalue weighted by Crippen LogP contribution is -2.08. The molecule has 3 heterocycles. The maximum Gasteiger partial charge on any atom is 0.213 e. The van der Waals surface area contributed by atoms with E-state index in [4.69, 9.17) is 0 Å².